The molecule has 1 aliphatic heterocycles. The van der Waals surface area contributed by atoms with Gasteiger partial charge in [0.1, 0.15) is 5.75 Å². The average molecular weight is 431 g/mol. The number of carbonyl (C=O) groups excluding carboxylic acids is 2. The van der Waals surface area contributed by atoms with E-state index in [1.807, 2.05) is 36.4 Å². The average Bonchev–Trinajstić information content (AvgIpc) is 2.85. The zero-order chi connectivity index (χ0) is 22.3. The fourth-order valence-corrected chi connectivity index (χ4v) is 3.73. The van der Waals surface area contributed by atoms with E-state index in [1.165, 1.54) is 0 Å². The van der Waals surface area contributed by atoms with Gasteiger partial charge in [-0.3, -0.25) is 9.59 Å². The molecule has 1 aliphatic rings. The number of rotatable bonds is 7. The summed E-state index contributed by atoms with van der Waals surface area (Å²) in [7, 11) is 1.64. The molecule has 32 heavy (non-hydrogen) atoms. The Morgan fingerprint density at radius 2 is 1.78 bits per heavy atom. The summed E-state index contributed by atoms with van der Waals surface area (Å²) in [4.78, 5) is 34.0. The molecule has 2 heterocycles. The van der Waals surface area contributed by atoms with Gasteiger partial charge in [-0.25, -0.2) is 9.97 Å². The first-order valence-electron chi connectivity index (χ1n) is 10.5. The standard InChI is InChI=1S/C24H25N5O3/c1-32-22-10-6-17(7-11-22)19-13-25-24(26-14-19)28-20-8-4-18(5-9-20)23(31)29-12-2-3-21(15-29)27-16-30/h4-11,13-14,16,21H,2-3,12,15H2,1H3,(H,27,30)(H,25,26,28). The number of nitrogens with one attached hydrogen (secondary N) is 2. The van der Waals surface area contributed by atoms with Crippen LogP contribution in [0.3, 0.4) is 0 Å². The molecule has 0 saturated carbocycles. The van der Waals surface area contributed by atoms with Crippen molar-refractivity contribution in [1.29, 1.82) is 0 Å². The second kappa shape index (κ2) is 9.91. The SMILES string of the molecule is COc1ccc(-c2cnc(Nc3ccc(C(=O)N4CCCC(NC=O)C4)cc3)nc2)cc1. The number of nitrogens with zero attached hydrogens (tertiary/aromatic N) is 3. The predicted octanol–water partition coefficient (Wildman–Crippen LogP) is 3.25. The summed E-state index contributed by atoms with van der Waals surface area (Å²) in [5.74, 6) is 1.24. The molecule has 1 atom stereocenters. The molecule has 2 aromatic carbocycles. The molecule has 0 aliphatic carbocycles. The van der Waals surface area contributed by atoms with Crippen LogP contribution in [0.2, 0.25) is 0 Å². The Morgan fingerprint density at radius 1 is 1.06 bits per heavy atom. The molecule has 0 radical (unpaired) electrons. The normalized spacial score (nSPS) is 15.7. The van der Waals surface area contributed by atoms with Crippen LogP contribution in [0.1, 0.15) is 23.2 Å². The first kappa shape index (κ1) is 21.3. The molecule has 1 saturated heterocycles. The highest BCUT2D eigenvalue weighted by Gasteiger charge is 2.24. The minimum atomic E-state index is -0.0333. The van der Waals surface area contributed by atoms with E-state index in [1.54, 1.807) is 36.5 Å². The Labute approximate surface area is 186 Å². The summed E-state index contributed by atoms with van der Waals surface area (Å²) >= 11 is 0. The second-order valence-corrected chi connectivity index (χ2v) is 7.60. The zero-order valence-corrected chi connectivity index (χ0v) is 17.8. The summed E-state index contributed by atoms with van der Waals surface area (Å²) in [6.07, 6.45) is 5.98. The summed E-state index contributed by atoms with van der Waals surface area (Å²) < 4.78 is 5.18. The summed E-state index contributed by atoms with van der Waals surface area (Å²) in [6, 6.07) is 15.0. The van der Waals surface area contributed by atoms with Crippen molar-refractivity contribution >= 4 is 24.0 Å². The Morgan fingerprint density at radius 3 is 2.44 bits per heavy atom. The highest BCUT2D eigenvalue weighted by molar-refractivity contribution is 5.94. The lowest BCUT2D eigenvalue weighted by atomic mass is 10.0. The van der Waals surface area contributed by atoms with Crippen LogP contribution < -0.4 is 15.4 Å². The number of amides is 2. The molecule has 8 nitrogen and oxygen atoms in total. The van der Waals surface area contributed by atoms with Crippen molar-refractivity contribution in [2.24, 2.45) is 0 Å². The minimum Gasteiger partial charge on any atom is -0.497 e. The lowest BCUT2D eigenvalue weighted by Crippen LogP contribution is -2.47. The third-order valence-electron chi connectivity index (χ3n) is 5.48. The smallest absolute Gasteiger partial charge is 0.253 e. The Kier molecular flexibility index (Phi) is 6.60. The first-order valence-corrected chi connectivity index (χ1v) is 10.5. The molecule has 2 amide bonds. The molecule has 2 N–H and O–H groups in total. The van der Waals surface area contributed by atoms with E-state index in [2.05, 4.69) is 20.6 Å². The van der Waals surface area contributed by atoms with Crippen LogP contribution in [-0.2, 0) is 4.79 Å². The van der Waals surface area contributed by atoms with Crippen molar-refractivity contribution in [1.82, 2.24) is 20.2 Å². The van der Waals surface area contributed by atoms with Gasteiger partial charge in [0.2, 0.25) is 12.4 Å². The number of methoxy groups -OCH3 is 1. The third kappa shape index (κ3) is 5.03. The van der Waals surface area contributed by atoms with Crippen molar-refractivity contribution in [3.63, 3.8) is 0 Å². The maximum Gasteiger partial charge on any atom is 0.253 e. The van der Waals surface area contributed by atoms with Crippen LogP contribution in [-0.4, -0.2) is 53.4 Å². The third-order valence-corrected chi connectivity index (χ3v) is 5.48. The van der Waals surface area contributed by atoms with Crippen molar-refractivity contribution in [2.75, 3.05) is 25.5 Å². The van der Waals surface area contributed by atoms with Gasteiger partial charge in [-0.1, -0.05) is 12.1 Å². The van der Waals surface area contributed by atoms with Gasteiger partial charge in [-0.05, 0) is 54.8 Å². The molecule has 3 aromatic rings. The molecule has 1 fully saturated rings. The molecule has 8 heteroatoms. The van der Waals surface area contributed by atoms with Gasteiger partial charge >= 0.3 is 0 Å². The molecule has 164 valence electrons. The fourth-order valence-electron chi connectivity index (χ4n) is 3.73. The highest BCUT2D eigenvalue weighted by atomic mass is 16.5. The number of piperidine rings is 1. The maximum atomic E-state index is 12.8. The lowest BCUT2D eigenvalue weighted by Gasteiger charge is -2.32. The Bertz CT molecular complexity index is 1050. The molecule has 1 unspecified atom stereocenters. The fraction of sp³-hybridized carbons (Fsp3) is 0.250. The number of hydrogen-bond donors (Lipinski definition) is 2. The van der Waals surface area contributed by atoms with Gasteiger partial charge in [-0.2, -0.15) is 0 Å². The van der Waals surface area contributed by atoms with Gasteiger partial charge < -0.3 is 20.3 Å². The summed E-state index contributed by atoms with van der Waals surface area (Å²) in [5, 5.41) is 5.93. The van der Waals surface area contributed by atoms with E-state index in [0.717, 1.165) is 35.4 Å². The summed E-state index contributed by atoms with van der Waals surface area (Å²) in [6.45, 7) is 1.23. The van der Waals surface area contributed by atoms with Crippen molar-refractivity contribution in [3.8, 4) is 16.9 Å². The summed E-state index contributed by atoms with van der Waals surface area (Å²) in [5.41, 5.74) is 3.31. The van der Waals surface area contributed by atoms with Crippen LogP contribution in [0.25, 0.3) is 11.1 Å². The van der Waals surface area contributed by atoms with Gasteiger partial charge in [0, 0.05) is 48.3 Å². The number of likely N-dealkylation sites (tertiary alicyclic amines) is 1. The van der Waals surface area contributed by atoms with Crippen molar-refractivity contribution in [3.05, 3.63) is 66.5 Å². The highest BCUT2D eigenvalue weighted by Crippen LogP contribution is 2.22. The number of anilines is 2. The van der Waals surface area contributed by atoms with Crippen molar-refractivity contribution in [2.45, 2.75) is 18.9 Å². The Hall–Kier alpha value is -3.94. The van der Waals surface area contributed by atoms with Gasteiger partial charge in [0.05, 0.1) is 7.11 Å². The van der Waals surface area contributed by atoms with E-state index in [0.29, 0.717) is 31.0 Å². The van der Waals surface area contributed by atoms with E-state index in [9.17, 15) is 9.59 Å². The van der Waals surface area contributed by atoms with E-state index < -0.39 is 0 Å². The number of aromatic nitrogens is 2. The molecule has 1 aromatic heterocycles. The maximum absolute atomic E-state index is 12.8. The van der Waals surface area contributed by atoms with E-state index >= 15 is 0 Å². The van der Waals surface area contributed by atoms with Gasteiger partial charge in [0.25, 0.3) is 5.91 Å². The molecule has 0 bridgehead atoms. The van der Waals surface area contributed by atoms with Gasteiger partial charge in [0.15, 0.2) is 0 Å². The zero-order valence-electron chi connectivity index (χ0n) is 17.8. The van der Waals surface area contributed by atoms with E-state index in [4.69, 9.17) is 4.74 Å². The molecule has 0 spiro atoms. The van der Waals surface area contributed by atoms with Crippen LogP contribution in [0.4, 0.5) is 11.6 Å². The first-order chi connectivity index (χ1) is 15.7. The van der Waals surface area contributed by atoms with Crippen LogP contribution in [0.15, 0.2) is 60.9 Å². The van der Waals surface area contributed by atoms with Crippen LogP contribution >= 0.6 is 0 Å². The second-order valence-electron chi connectivity index (χ2n) is 7.60. The predicted molar refractivity (Wildman–Crippen MR) is 122 cm³/mol. The number of ether oxygens (including phenoxy) is 1. The monoisotopic (exact) mass is 431 g/mol. The quantitative estimate of drug-likeness (QED) is 0.558. The largest absolute Gasteiger partial charge is 0.497 e. The number of hydrogen-bond acceptors (Lipinski definition) is 6. The van der Waals surface area contributed by atoms with Crippen molar-refractivity contribution < 1.29 is 14.3 Å². The molecule has 4 rings (SSSR count). The molecular weight excluding hydrogens is 406 g/mol. The van der Waals surface area contributed by atoms with Gasteiger partial charge in [-0.15, -0.1) is 0 Å². The topological polar surface area (TPSA) is 96.5 Å². The Balaban J connectivity index is 1.38. The lowest BCUT2D eigenvalue weighted by molar-refractivity contribution is -0.110. The number of carbonyl (C=O) groups is 2. The number of benzene rings is 2. The van der Waals surface area contributed by atoms with E-state index in [-0.39, 0.29) is 11.9 Å². The van der Waals surface area contributed by atoms with Crippen LogP contribution in [0, 0.1) is 0 Å². The minimum absolute atomic E-state index is 0.0178. The van der Waals surface area contributed by atoms with Crippen LogP contribution in [0.5, 0.6) is 5.75 Å². The molecular formula is C24H25N5O3.